The van der Waals surface area contributed by atoms with E-state index >= 15 is 0 Å². The van der Waals surface area contributed by atoms with Crippen LogP contribution in [0.1, 0.15) is 20.3 Å². The summed E-state index contributed by atoms with van der Waals surface area (Å²) in [4.78, 5) is 15.3. The fourth-order valence-corrected chi connectivity index (χ4v) is 3.18. The number of sulfonamides is 1. The van der Waals surface area contributed by atoms with Gasteiger partial charge >= 0.3 is 0 Å². The number of benzene rings is 1. The minimum absolute atomic E-state index is 0.125. The van der Waals surface area contributed by atoms with Gasteiger partial charge in [-0.25, -0.2) is 18.1 Å². The molecule has 0 aliphatic carbocycles. The van der Waals surface area contributed by atoms with Crippen molar-refractivity contribution in [2.24, 2.45) is 0 Å². The number of rotatable bonds is 7. The van der Waals surface area contributed by atoms with Gasteiger partial charge in [0.15, 0.2) is 0 Å². The molecule has 1 aromatic carbocycles. The molecule has 1 heterocycles. The van der Waals surface area contributed by atoms with E-state index in [1.807, 2.05) is 0 Å². The molecular formula is C14H19N5O3S. The van der Waals surface area contributed by atoms with Gasteiger partial charge in [-0.05, 0) is 31.2 Å². The van der Waals surface area contributed by atoms with Crippen molar-refractivity contribution in [3.05, 3.63) is 36.9 Å². The fraction of sp³-hybridized carbons (Fsp3) is 0.357. The summed E-state index contributed by atoms with van der Waals surface area (Å²) in [5.41, 5.74) is 0.562. The van der Waals surface area contributed by atoms with Crippen molar-refractivity contribution in [2.45, 2.75) is 37.8 Å². The fourth-order valence-electron chi connectivity index (χ4n) is 1.94. The minimum Gasteiger partial charge on any atom is -0.326 e. The van der Waals surface area contributed by atoms with Crippen molar-refractivity contribution in [3.63, 3.8) is 0 Å². The number of nitrogens with one attached hydrogen (secondary N) is 2. The monoisotopic (exact) mass is 337 g/mol. The van der Waals surface area contributed by atoms with Crippen LogP contribution >= 0.6 is 0 Å². The van der Waals surface area contributed by atoms with Crippen LogP contribution in [-0.2, 0) is 21.4 Å². The number of carbonyl (C=O) groups is 1. The molecule has 2 aromatic rings. The smallest absolute Gasteiger partial charge is 0.240 e. The minimum atomic E-state index is -3.64. The Labute approximate surface area is 135 Å². The molecule has 1 amide bonds. The summed E-state index contributed by atoms with van der Waals surface area (Å²) in [6.45, 7) is 3.87. The van der Waals surface area contributed by atoms with Crippen LogP contribution in [0, 0.1) is 0 Å². The van der Waals surface area contributed by atoms with E-state index in [0.29, 0.717) is 18.7 Å². The molecule has 23 heavy (non-hydrogen) atoms. The summed E-state index contributed by atoms with van der Waals surface area (Å²) < 4.78 is 28.8. The quantitative estimate of drug-likeness (QED) is 0.784. The largest absolute Gasteiger partial charge is 0.326 e. The highest BCUT2D eigenvalue weighted by atomic mass is 32.2. The highest BCUT2D eigenvalue weighted by molar-refractivity contribution is 7.89. The van der Waals surface area contributed by atoms with Gasteiger partial charge in [0.25, 0.3) is 0 Å². The number of carbonyl (C=O) groups excluding carboxylic acids is 1. The van der Waals surface area contributed by atoms with Crippen molar-refractivity contribution in [1.82, 2.24) is 19.5 Å². The van der Waals surface area contributed by atoms with Crippen LogP contribution in [0.3, 0.4) is 0 Å². The maximum absolute atomic E-state index is 12.3. The van der Waals surface area contributed by atoms with E-state index in [1.165, 1.54) is 24.8 Å². The standard InChI is InChI=1S/C14H19N5O3S/c1-3-14(20)17-12-4-6-13(7-5-12)23(21,22)18-11(2)8-19-10-15-9-16-19/h4-7,9-11,18H,3,8H2,1-2H3,(H,17,20)/t11-/m0/s1. The second-order valence-corrected chi connectivity index (χ2v) is 6.78. The number of hydrogen-bond acceptors (Lipinski definition) is 5. The molecule has 2 N–H and O–H groups in total. The first-order valence-corrected chi connectivity index (χ1v) is 8.63. The molecular weight excluding hydrogens is 318 g/mol. The van der Waals surface area contributed by atoms with E-state index in [9.17, 15) is 13.2 Å². The van der Waals surface area contributed by atoms with Crippen molar-refractivity contribution >= 4 is 21.6 Å². The molecule has 124 valence electrons. The van der Waals surface area contributed by atoms with Crippen LogP contribution in [0.5, 0.6) is 0 Å². The van der Waals surface area contributed by atoms with Gasteiger partial charge in [0, 0.05) is 18.2 Å². The van der Waals surface area contributed by atoms with Gasteiger partial charge in [-0.2, -0.15) is 5.10 Å². The summed E-state index contributed by atoms with van der Waals surface area (Å²) in [7, 11) is -3.64. The molecule has 0 aliphatic rings. The van der Waals surface area contributed by atoms with Gasteiger partial charge < -0.3 is 5.32 Å². The summed E-state index contributed by atoms with van der Waals surface area (Å²) in [6, 6.07) is 5.68. The Balaban J connectivity index is 2.02. The Kier molecular flexibility index (Phi) is 5.45. The van der Waals surface area contributed by atoms with Gasteiger partial charge in [-0.1, -0.05) is 6.92 Å². The van der Waals surface area contributed by atoms with Crippen LogP contribution in [-0.4, -0.2) is 35.1 Å². The molecule has 0 saturated carbocycles. The zero-order chi connectivity index (χ0) is 16.9. The van der Waals surface area contributed by atoms with Crippen LogP contribution in [0.25, 0.3) is 0 Å². The first kappa shape index (κ1) is 17.1. The molecule has 1 aromatic heterocycles. The number of hydrogen-bond donors (Lipinski definition) is 2. The van der Waals surface area contributed by atoms with Crippen molar-refractivity contribution in [3.8, 4) is 0 Å². The van der Waals surface area contributed by atoms with E-state index < -0.39 is 10.0 Å². The molecule has 0 fully saturated rings. The summed E-state index contributed by atoms with van der Waals surface area (Å²) in [5.74, 6) is -0.125. The topological polar surface area (TPSA) is 106 Å². The number of anilines is 1. The third-order valence-corrected chi connectivity index (χ3v) is 4.66. The average molecular weight is 337 g/mol. The molecule has 8 nitrogen and oxygen atoms in total. The predicted octanol–water partition coefficient (Wildman–Crippen LogP) is 0.994. The Morgan fingerprint density at radius 2 is 2.00 bits per heavy atom. The third kappa shape index (κ3) is 4.86. The first-order chi connectivity index (χ1) is 10.9. The molecule has 0 unspecified atom stereocenters. The molecule has 0 spiro atoms. The highest BCUT2D eigenvalue weighted by Crippen LogP contribution is 2.14. The van der Waals surface area contributed by atoms with Gasteiger partial charge in [-0.15, -0.1) is 0 Å². The number of aromatic nitrogens is 3. The normalized spacial score (nSPS) is 12.8. The second kappa shape index (κ2) is 7.34. The molecule has 1 atom stereocenters. The van der Waals surface area contributed by atoms with Gasteiger partial charge in [0.05, 0.1) is 11.4 Å². The average Bonchev–Trinajstić information content (AvgIpc) is 2.99. The van der Waals surface area contributed by atoms with Gasteiger partial charge in [-0.3, -0.25) is 9.48 Å². The summed E-state index contributed by atoms with van der Waals surface area (Å²) in [6.07, 6.45) is 3.28. The van der Waals surface area contributed by atoms with E-state index in [-0.39, 0.29) is 16.8 Å². The van der Waals surface area contributed by atoms with E-state index in [2.05, 4.69) is 20.1 Å². The lowest BCUT2D eigenvalue weighted by molar-refractivity contribution is -0.115. The maximum atomic E-state index is 12.3. The lowest BCUT2D eigenvalue weighted by Crippen LogP contribution is -2.35. The van der Waals surface area contributed by atoms with Crippen LogP contribution in [0.2, 0.25) is 0 Å². The molecule has 2 rings (SSSR count). The number of nitrogens with zero attached hydrogens (tertiary/aromatic N) is 3. The molecule has 0 radical (unpaired) electrons. The van der Waals surface area contributed by atoms with Crippen molar-refractivity contribution in [1.29, 1.82) is 0 Å². The van der Waals surface area contributed by atoms with E-state index in [4.69, 9.17) is 0 Å². The van der Waals surface area contributed by atoms with Crippen LogP contribution < -0.4 is 10.0 Å². The molecule has 0 bridgehead atoms. The summed E-state index contributed by atoms with van der Waals surface area (Å²) >= 11 is 0. The third-order valence-electron chi connectivity index (χ3n) is 3.05. The molecule has 0 aliphatic heterocycles. The Bertz CT molecular complexity index is 741. The Morgan fingerprint density at radius 3 is 2.57 bits per heavy atom. The summed E-state index contributed by atoms with van der Waals surface area (Å²) in [5, 5.41) is 6.60. The predicted molar refractivity (Wildman–Crippen MR) is 85.2 cm³/mol. The SMILES string of the molecule is CCC(=O)Nc1ccc(S(=O)(=O)N[C@@H](C)Cn2cncn2)cc1. The maximum Gasteiger partial charge on any atom is 0.240 e. The highest BCUT2D eigenvalue weighted by Gasteiger charge is 2.17. The van der Waals surface area contributed by atoms with Gasteiger partial charge in [0.2, 0.25) is 15.9 Å². The van der Waals surface area contributed by atoms with Crippen LogP contribution in [0.4, 0.5) is 5.69 Å². The van der Waals surface area contributed by atoms with E-state index in [1.54, 1.807) is 30.7 Å². The zero-order valence-corrected chi connectivity index (χ0v) is 13.7. The zero-order valence-electron chi connectivity index (χ0n) is 12.9. The Morgan fingerprint density at radius 1 is 1.30 bits per heavy atom. The Hall–Kier alpha value is -2.26. The molecule has 0 saturated heterocycles. The van der Waals surface area contributed by atoms with Crippen molar-refractivity contribution in [2.75, 3.05) is 5.32 Å². The first-order valence-electron chi connectivity index (χ1n) is 7.15. The van der Waals surface area contributed by atoms with E-state index in [0.717, 1.165) is 0 Å². The van der Waals surface area contributed by atoms with Crippen LogP contribution in [0.15, 0.2) is 41.8 Å². The van der Waals surface area contributed by atoms with Crippen molar-refractivity contribution < 1.29 is 13.2 Å². The van der Waals surface area contributed by atoms with Gasteiger partial charge in [0.1, 0.15) is 12.7 Å². The lowest BCUT2D eigenvalue weighted by Gasteiger charge is -2.14. The number of amides is 1. The lowest BCUT2D eigenvalue weighted by atomic mass is 10.3. The second-order valence-electron chi connectivity index (χ2n) is 5.07. The molecule has 9 heteroatoms.